The molecule has 25 heavy (non-hydrogen) atoms. The predicted molar refractivity (Wildman–Crippen MR) is 100 cm³/mol. The summed E-state index contributed by atoms with van der Waals surface area (Å²) in [5.74, 6) is 0.379. The van der Waals surface area contributed by atoms with Crippen molar-refractivity contribution in [1.82, 2.24) is 0 Å². The lowest BCUT2D eigenvalue weighted by atomic mass is 10.2. The molecule has 1 heterocycles. The molecule has 0 aliphatic carbocycles. The summed E-state index contributed by atoms with van der Waals surface area (Å²) < 4.78 is 29.3. The normalized spacial score (nSPS) is 16.0. The largest absolute Gasteiger partial charge is 0.382 e. The monoisotopic (exact) mass is 381 g/mol. The van der Waals surface area contributed by atoms with Crippen LogP contribution in [0.5, 0.6) is 5.75 Å². The maximum atomic E-state index is 12.1. The minimum atomic E-state index is -3.56. The molecule has 1 fully saturated rings. The number of anilines is 1. The second-order valence-electron chi connectivity index (χ2n) is 6.10. The van der Waals surface area contributed by atoms with Gasteiger partial charge in [0.1, 0.15) is 11.5 Å². The summed E-state index contributed by atoms with van der Waals surface area (Å²) in [5, 5.41) is 0.754. The van der Waals surface area contributed by atoms with Crippen LogP contribution >= 0.6 is 11.6 Å². The van der Waals surface area contributed by atoms with Gasteiger partial charge in [0.2, 0.25) is 0 Å². The van der Waals surface area contributed by atoms with E-state index in [9.17, 15) is 8.42 Å². The van der Waals surface area contributed by atoms with Crippen LogP contribution in [0, 0.1) is 0 Å². The molecule has 134 valence electrons. The van der Waals surface area contributed by atoms with Crippen molar-refractivity contribution in [2.24, 2.45) is 0 Å². The number of para-hydroxylation sites is 2. The fourth-order valence-electron chi connectivity index (χ4n) is 2.96. The molecule has 0 bridgehead atoms. The Morgan fingerprint density at radius 1 is 1.00 bits per heavy atom. The SMILES string of the molecule is O=S(=O)(CC[NH+]1CCN(c2ccccc2Cl)CC1)Oc1ccccc1. The van der Waals surface area contributed by atoms with E-state index < -0.39 is 10.1 Å². The number of piperazine rings is 1. The van der Waals surface area contributed by atoms with Crippen LogP contribution in [0.2, 0.25) is 5.02 Å². The molecule has 1 saturated heterocycles. The van der Waals surface area contributed by atoms with Crippen LogP contribution in [0.1, 0.15) is 0 Å². The van der Waals surface area contributed by atoms with Gasteiger partial charge in [-0.05, 0) is 24.3 Å². The third-order valence-corrected chi connectivity index (χ3v) is 5.81. The van der Waals surface area contributed by atoms with Crippen molar-refractivity contribution in [3.8, 4) is 5.75 Å². The Hall–Kier alpha value is -1.76. The summed E-state index contributed by atoms with van der Waals surface area (Å²) in [7, 11) is -3.56. The Morgan fingerprint density at radius 2 is 1.64 bits per heavy atom. The van der Waals surface area contributed by atoms with E-state index in [2.05, 4.69) is 4.90 Å². The van der Waals surface area contributed by atoms with Crippen molar-refractivity contribution < 1.29 is 17.5 Å². The van der Waals surface area contributed by atoms with Crippen LogP contribution in [-0.4, -0.2) is 46.9 Å². The molecule has 0 radical (unpaired) electrons. The second-order valence-corrected chi connectivity index (χ2v) is 8.19. The Kier molecular flexibility index (Phi) is 5.83. The summed E-state index contributed by atoms with van der Waals surface area (Å²) in [6.45, 7) is 4.03. The average Bonchev–Trinajstić information content (AvgIpc) is 2.62. The number of benzene rings is 2. The van der Waals surface area contributed by atoms with Gasteiger partial charge in [-0.25, -0.2) is 0 Å². The van der Waals surface area contributed by atoms with Crippen molar-refractivity contribution in [2.45, 2.75) is 0 Å². The highest BCUT2D eigenvalue weighted by Gasteiger charge is 2.24. The summed E-state index contributed by atoms with van der Waals surface area (Å²) in [4.78, 5) is 3.52. The Labute approximate surface area is 153 Å². The summed E-state index contributed by atoms with van der Waals surface area (Å²) in [5.41, 5.74) is 1.04. The minimum absolute atomic E-state index is 0.0172. The lowest BCUT2D eigenvalue weighted by molar-refractivity contribution is -0.898. The standard InChI is InChI=1S/C18H21ClN2O3S/c19-17-8-4-5-9-18(17)21-12-10-20(11-13-21)14-15-25(22,23)24-16-6-2-1-3-7-16/h1-9H,10-15H2/p+1. The van der Waals surface area contributed by atoms with Gasteiger partial charge in [0.25, 0.3) is 0 Å². The van der Waals surface area contributed by atoms with E-state index >= 15 is 0 Å². The molecule has 0 atom stereocenters. The first kappa shape index (κ1) is 18.0. The Morgan fingerprint density at radius 3 is 2.32 bits per heavy atom. The lowest BCUT2D eigenvalue weighted by Crippen LogP contribution is -3.15. The molecule has 1 N–H and O–H groups in total. The maximum Gasteiger partial charge on any atom is 0.314 e. The molecule has 0 amide bonds. The van der Waals surface area contributed by atoms with Crippen LogP contribution in [0.4, 0.5) is 5.69 Å². The molecule has 3 rings (SSSR count). The van der Waals surface area contributed by atoms with Crippen molar-refractivity contribution in [3.63, 3.8) is 0 Å². The number of nitrogens with zero attached hydrogens (tertiary/aromatic N) is 1. The molecule has 2 aromatic rings. The topological polar surface area (TPSA) is 51.0 Å². The first-order valence-electron chi connectivity index (χ1n) is 8.34. The number of rotatable bonds is 6. The fraction of sp³-hybridized carbons (Fsp3) is 0.333. The van der Waals surface area contributed by atoms with E-state index in [4.69, 9.17) is 15.8 Å². The van der Waals surface area contributed by atoms with E-state index in [0.717, 1.165) is 36.9 Å². The smallest absolute Gasteiger partial charge is 0.314 e. The van der Waals surface area contributed by atoms with Crippen molar-refractivity contribution in [3.05, 3.63) is 59.6 Å². The van der Waals surface area contributed by atoms with Gasteiger partial charge in [-0.15, -0.1) is 0 Å². The minimum Gasteiger partial charge on any atom is -0.382 e. The zero-order valence-electron chi connectivity index (χ0n) is 13.9. The number of hydrogen-bond donors (Lipinski definition) is 1. The van der Waals surface area contributed by atoms with Crippen LogP contribution in [0.15, 0.2) is 54.6 Å². The molecular weight excluding hydrogens is 360 g/mol. The van der Waals surface area contributed by atoms with Crippen LogP contribution in [0.25, 0.3) is 0 Å². The van der Waals surface area contributed by atoms with E-state index in [1.54, 1.807) is 24.3 Å². The van der Waals surface area contributed by atoms with Gasteiger partial charge < -0.3 is 14.0 Å². The highest BCUT2D eigenvalue weighted by Crippen LogP contribution is 2.24. The summed E-state index contributed by atoms with van der Waals surface area (Å²) in [6, 6.07) is 16.4. The first-order chi connectivity index (χ1) is 12.0. The molecule has 0 unspecified atom stereocenters. The van der Waals surface area contributed by atoms with Gasteiger partial charge in [0.15, 0.2) is 0 Å². The molecule has 7 heteroatoms. The Balaban J connectivity index is 1.48. The van der Waals surface area contributed by atoms with E-state index in [-0.39, 0.29) is 5.75 Å². The average molecular weight is 382 g/mol. The van der Waals surface area contributed by atoms with E-state index in [1.807, 2.05) is 30.3 Å². The van der Waals surface area contributed by atoms with Gasteiger partial charge in [0, 0.05) is 0 Å². The van der Waals surface area contributed by atoms with Crippen LogP contribution in [-0.2, 0) is 10.1 Å². The first-order valence-corrected chi connectivity index (χ1v) is 10.3. The zero-order valence-corrected chi connectivity index (χ0v) is 15.5. The lowest BCUT2D eigenvalue weighted by Gasteiger charge is -2.34. The van der Waals surface area contributed by atoms with Crippen molar-refractivity contribution in [2.75, 3.05) is 43.4 Å². The van der Waals surface area contributed by atoms with E-state index in [1.165, 1.54) is 4.90 Å². The predicted octanol–water partition coefficient (Wildman–Crippen LogP) is 1.45. The molecule has 0 saturated carbocycles. The quantitative estimate of drug-likeness (QED) is 0.769. The molecule has 1 aliphatic heterocycles. The van der Waals surface area contributed by atoms with E-state index in [0.29, 0.717) is 12.3 Å². The summed E-state index contributed by atoms with van der Waals surface area (Å²) in [6.07, 6.45) is 0. The number of hydrogen-bond acceptors (Lipinski definition) is 4. The molecule has 5 nitrogen and oxygen atoms in total. The molecule has 1 aliphatic rings. The van der Waals surface area contributed by atoms with Gasteiger partial charge >= 0.3 is 10.1 Å². The third kappa shape index (κ3) is 5.11. The highest BCUT2D eigenvalue weighted by atomic mass is 35.5. The summed E-state index contributed by atoms with van der Waals surface area (Å²) >= 11 is 6.25. The molecule has 2 aromatic carbocycles. The fourth-order valence-corrected chi connectivity index (χ4v) is 4.24. The maximum absolute atomic E-state index is 12.1. The second kappa shape index (κ2) is 8.08. The number of quaternary nitrogens is 1. The third-order valence-electron chi connectivity index (χ3n) is 4.34. The number of halogens is 1. The molecular formula is C18H22ClN2O3S+. The zero-order chi connectivity index (χ0) is 17.7. The van der Waals surface area contributed by atoms with Crippen LogP contribution in [0.3, 0.4) is 0 Å². The Bertz CT molecular complexity index is 791. The van der Waals surface area contributed by atoms with Crippen molar-refractivity contribution >= 4 is 27.4 Å². The molecule has 0 aromatic heterocycles. The van der Waals surface area contributed by atoms with Gasteiger partial charge in [-0.2, -0.15) is 8.42 Å². The van der Waals surface area contributed by atoms with Crippen LogP contribution < -0.4 is 14.0 Å². The highest BCUT2D eigenvalue weighted by molar-refractivity contribution is 7.87. The van der Waals surface area contributed by atoms with Gasteiger partial charge in [0.05, 0.1) is 43.4 Å². The van der Waals surface area contributed by atoms with Gasteiger partial charge in [-0.3, -0.25) is 0 Å². The van der Waals surface area contributed by atoms with Gasteiger partial charge in [-0.1, -0.05) is 41.9 Å². The molecule has 0 spiro atoms. The van der Waals surface area contributed by atoms with Crippen molar-refractivity contribution in [1.29, 1.82) is 0 Å². The number of nitrogens with one attached hydrogen (secondary N) is 1.